The minimum absolute atomic E-state index is 0.0852. The van der Waals surface area contributed by atoms with Crippen molar-refractivity contribution in [1.82, 2.24) is 14.0 Å². The van der Waals surface area contributed by atoms with E-state index in [-0.39, 0.29) is 29.8 Å². The van der Waals surface area contributed by atoms with E-state index in [2.05, 4.69) is 11.1 Å². The average Bonchev–Trinajstić information content (AvgIpc) is 3.41. The lowest BCUT2D eigenvalue weighted by Crippen LogP contribution is -2.33. The van der Waals surface area contributed by atoms with Crippen molar-refractivity contribution in [3.63, 3.8) is 0 Å². The molecule has 1 atom stereocenters. The number of halogens is 1. The van der Waals surface area contributed by atoms with E-state index in [9.17, 15) is 20.0 Å². The number of fused-ring (bicyclic) bond motifs is 1. The predicted molar refractivity (Wildman–Crippen MR) is 148 cm³/mol. The molecule has 1 aromatic carbocycles. The molecule has 39 heavy (non-hydrogen) atoms. The van der Waals surface area contributed by atoms with Crippen molar-refractivity contribution in [2.24, 2.45) is 5.92 Å². The Kier molecular flexibility index (Phi) is 7.82. The van der Waals surface area contributed by atoms with Gasteiger partial charge >= 0.3 is 0 Å². The molecular formula is C30H29ClN4O4. The first-order valence-electron chi connectivity index (χ1n) is 13.0. The second kappa shape index (κ2) is 11.4. The maximum absolute atomic E-state index is 13.8. The quantitative estimate of drug-likeness (QED) is 0.334. The van der Waals surface area contributed by atoms with E-state index in [1.165, 1.54) is 17.7 Å². The second-order valence-electron chi connectivity index (χ2n) is 10.1. The molecule has 200 valence electrons. The van der Waals surface area contributed by atoms with Crippen LogP contribution in [-0.2, 0) is 11.2 Å². The molecule has 1 aliphatic rings. The molecule has 0 spiro atoms. The van der Waals surface area contributed by atoms with Gasteiger partial charge in [-0.1, -0.05) is 17.7 Å². The molecule has 1 fully saturated rings. The van der Waals surface area contributed by atoms with Crippen LogP contribution in [0.1, 0.15) is 49.3 Å². The average molecular weight is 545 g/mol. The number of Topliss-reactive ketones (excluding diaryl/α,β-unsaturated/α-hetero) is 1. The lowest BCUT2D eigenvalue weighted by molar-refractivity contribution is -0.122. The number of carbonyl (C=O) groups is 1. The van der Waals surface area contributed by atoms with Gasteiger partial charge < -0.3 is 18.8 Å². The Bertz CT molecular complexity index is 1610. The molecule has 0 amide bonds. The van der Waals surface area contributed by atoms with E-state index < -0.39 is 6.04 Å². The summed E-state index contributed by atoms with van der Waals surface area (Å²) in [5.41, 5.74) is 2.54. The Balaban J connectivity index is 1.53. The fourth-order valence-corrected chi connectivity index (χ4v) is 5.64. The zero-order valence-corrected chi connectivity index (χ0v) is 22.3. The largest absolute Gasteiger partial charge is 0.495 e. The summed E-state index contributed by atoms with van der Waals surface area (Å²) in [6.45, 7) is 0. The van der Waals surface area contributed by atoms with E-state index >= 15 is 0 Å². The minimum atomic E-state index is -0.714. The molecule has 1 aliphatic carbocycles. The van der Waals surface area contributed by atoms with Gasteiger partial charge in [-0.15, -0.1) is 0 Å². The van der Waals surface area contributed by atoms with Gasteiger partial charge in [-0.3, -0.25) is 9.59 Å². The van der Waals surface area contributed by atoms with Gasteiger partial charge in [0.15, 0.2) is 5.78 Å². The van der Waals surface area contributed by atoms with Gasteiger partial charge in [0.1, 0.15) is 11.4 Å². The van der Waals surface area contributed by atoms with Crippen LogP contribution >= 0.6 is 11.6 Å². The lowest BCUT2D eigenvalue weighted by atomic mass is 9.82. The molecule has 0 saturated heterocycles. The number of hydrogen-bond donors (Lipinski definition) is 1. The first-order valence-corrected chi connectivity index (χ1v) is 13.4. The summed E-state index contributed by atoms with van der Waals surface area (Å²) in [6.07, 6.45) is 10.3. The number of nitriles is 1. The third-order valence-corrected chi connectivity index (χ3v) is 7.80. The van der Waals surface area contributed by atoms with E-state index in [1.54, 1.807) is 30.6 Å². The number of aliphatic hydroxyl groups is 1. The fourth-order valence-electron chi connectivity index (χ4n) is 5.47. The molecule has 4 aromatic rings. The summed E-state index contributed by atoms with van der Waals surface area (Å²) in [6, 6.07) is 11.4. The van der Waals surface area contributed by atoms with Gasteiger partial charge in [-0.2, -0.15) is 5.26 Å². The Morgan fingerprint density at radius 2 is 1.97 bits per heavy atom. The van der Waals surface area contributed by atoms with Crippen molar-refractivity contribution >= 4 is 23.0 Å². The molecular weight excluding hydrogens is 516 g/mol. The highest BCUT2D eigenvalue weighted by molar-refractivity contribution is 6.31. The molecule has 9 heteroatoms. The minimum Gasteiger partial charge on any atom is -0.495 e. The number of pyridine rings is 2. The smallest absolute Gasteiger partial charge is 0.252 e. The number of benzene rings is 1. The third kappa shape index (κ3) is 5.75. The molecule has 0 aliphatic heterocycles. The molecule has 0 radical (unpaired) electrons. The summed E-state index contributed by atoms with van der Waals surface area (Å²) in [7, 11) is 1.49. The molecule has 1 N–H and O–H groups in total. The molecule has 3 heterocycles. The van der Waals surface area contributed by atoms with Gasteiger partial charge in [-0.05, 0) is 67.9 Å². The van der Waals surface area contributed by atoms with Crippen molar-refractivity contribution < 1.29 is 14.6 Å². The number of ether oxygens (including phenoxy) is 1. The first-order chi connectivity index (χ1) is 18.9. The molecule has 0 bridgehead atoms. The van der Waals surface area contributed by atoms with Crippen LogP contribution in [0.3, 0.4) is 0 Å². The molecule has 1 unspecified atom stereocenters. The topological polar surface area (TPSA) is 110 Å². The van der Waals surface area contributed by atoms with Gasteiger partial charge in [-0.25, -0.2) is 4.98 Å². The summed E-state index contributed by atoms with van der Waals surface area (Å²) < 4.78 is 8.98. The van der Waals surface area contributed by atoms with Gasteiger partial charge in [0.25, 0.3) is 5.56 Å². The van der Waals surface area contributed by atoms with E-state index in [0.717, 1.165) is 24.1 Å². The van der Waals surface area contributed by atoms with Crippen LogP contribution in [0.25, 0.3) is 16.8 Å². The van der Waals surface area contributed by atoms with Crippen LogP contribution in [0, 0.1) is 17.2 Å². The van der Waals surface area contributed by atoms with Crippen LogP contribution in [-0.4, -0.2) is 38.1 Å². The van der Waals surface area contributed by atoms with Crippen molar-refractivity contribution in [2.45, 2.75) is 50.7 Å². The summed E-state index contributed by atoms with van der Waals surface area (Å²) in [4.78, 5) is 31.7. The Morgan fingerprint density at radius 3 is 2.72 bits per heavy atom. The molecule has 3 aromatic heterocycles. The molecule has 5 rings (SSSR count). The van der Waals surface area contributed by atoms with Crippen LogP contribution in [0.5, 0.6) is 5.75 Å². The fraction of sp³-hybridized carbons (Fsp3) is 0.333. The maximum Gasteiger partial charge on any atom is 0.252 e. The van der Waals surface area contributed by atoms with E-state index in [1.807, 2.05) is 28.9 Å². The van der Waals surface area contributed by atoms with Crippen molar-refractivity contribution in [3.8, 4) is 22.9 Å². The van der Waals surface area contributed by atoms with Crippen LogP contribution in [0.2, 0.25) is 5.02 Å². The van der Waals surface area contributed by atoms with Gasteiger partial charge in [0.05, 0.1) is 37.1 Å². The zero-order chi connectivity index (χ0) is 27.5. The zero-order valence-electron chi connectivity index (χ0n) is 21.6. The van der Waals surface area contributed by atoms with Crippen molar-refractivity contribution in [3.05, 3.63) is 87.7 Å². The highest BCUT2D eigenvalue weighted by Gasteiger charge is 2.29. The maximum atomic E-state index is 13.8. The summed E-state index contributed by atoms with van der Waals surface area (Å²) in [5, 5.41) is 20.0. The van der Waals surface area contributed by atoms with Crippen molar-refractivity contribution in [1.29, 1.82) is 5.26 Å². The van der Waals surface area contributed by atoms with Crippen LogP contribution in [0.15, 0.2) is 66.0 Å². The van der Waals surface area contributed by atoms with E-state index in [4.69, 9.17) is 16.3 Å². The SMILES string of the molecule is COc1cn(C(CC2CCC(O)CC2)C(=O)Cc2ccc3nccn3c2)c(=O)cc1-c1cc(Cl)ccc1C#N. The van der Waals surface area contributed by atoms with Crippen LogP contribution in [0.4, 0.5) is 0 Å². The Hall–Kier alpha value is -3.93. The second-order valence-corrected chi connectivity index (χ2v) is 10.5. The number of nitrogens with zero attached hydrogens (tertiary/aromatic N) is 4. The number of aliphatic hydroxyl groups excluding tert-OH is 1. The number of methoxy groups -OCH3 is 1. The first kappa shape index (κ1) is 26.7. The number of carbonyl (C=O) groups excluding carboxylic acids is 1. The van der Waals surface area contributed by atoms with Gasteiger partial charge in [0, 0.05) is 47.2 Å². The van der Waals surface area contributed by atoms with Crippen LogP contribution < -0.4 is 10.3 Å². The Morgan fingerprint density at radius 1 is 1.18 bits per heavy atom. The number of imidazole rings is 1. The summed E-state index contributed by atoms with van der Waals surface area (Å²) >= 11 is 6.21. The molecule has 8 nitrogen and oxygen atoms in total. The number of rotatable bonds is 8. The highest BCUT2D eigenvalue weighted by atomic mass is 35.5. The monoisotopic (exact) mass is 544 g/mol. The van der Waals surface area contributed by atoms with Gasteiger partial charge in [0.2, 0.25) is 0 Å². The number of hydrogen-bond acceptors (Lipinski definition) is 6. The normalized spacial score (nSPS) is 18.0. The third-order valence-electron chi connectivity index (χ3n) is 7.56. The number of ketones is 1. The lowest BCUT2D eigenvalue weighted by Gasteiger charge is -2.29. The number of aromatic nitrogens is 3. The van der Waals surface area contributed by atoms with Crippen molar-refractivity contribution in [2.75, 3.05) is 7.11 Å². The van der Waals surface area contributed by atoms with E-state index in [0.29, 0.717) is 46.7 Å². The Labute approximate surface area is 231 Å². The standard InChI is InChI=1S/C30H29ClN4O4/c1-39-28-18-35(30(38)15-25(28)24-14-22(31)6-5-21(24)16-32)26(12-19-2-7-23(36)8-3-19)27(37)13-20-4-9-29-33-10-11-34(29)17-20/h4-6,9-11,14-15,17-19,23,26,36H,2-3,7-8,12-13H2,1H3. The predicted octanol–water partition coefficient (Wildman–Crippen LogP) is 4.99. The molecule has 1 saturated carbocycles. The highest BCUT2D eigenvalue weighted by Crippen LogP contribution is 2.36. The summed E-state index contributed by atoms with van der Waals surface area (Å²) in [5.74, 6) is 0.484.